The SMILES string of the molecule is CCCCC(C=O)c1c(C(C=O)CCCC)c2c(C(C=O)CCCC)c3nc(cc4ccc(cc5nc(cc1n2C(C=O)CCCC)C=C5)[nH]4)C=C3. The lowest BCUT2D eigenvalue weighted by molar-refractivity contribution is -0.110. The van der Waals surface area contributed by atoms with Gasteiger partial charge in [-0.05, 0) is 91.4 Å². The largest absolute Gasteiger partial charge is 0.355 e. The molecule has 52 heavy (non-hydrogen) atoms. The maximum Gasteiger partial charge on any atom is 0.142 e. The molecule has 1 N–H and O–H groups in total. The molecule has 0 radical (unpaired) electrons. The molecule has 274 valence electrons. The van der Waals surface area contributed by atoms with Gasteiger partial charge in [0, 0.05) is 39.9 Å². The summed E-state index contributed by atoms with van der Waals surface area (Å²) in [6.45, 7) is 8.40. The molecule has 0 spiro atoms. The van der Waals surface area contributed by atoms with Gasteiger partial charge in [0.1, 0.15) is 25.1 Å². The highest BCUT2D eigenvalue weighted by Gasteiger charge is 2.34. The highest BCUT2D eigenvalue weighted by atomic mass is 16.1. The molecular formula is C44H54N4O4. The molecule has 3 aromatic rings. The lowest BCUT2D eigenvalue weighted by Gasteiger charge is -2.21. The summed E-state index contributed by atoms with van der Waals surface area (Å²) in [6, 6.07) is 9.31. The van der Waals surface area contributed by atoms with Crippen LogP contribution in [-0.4, -0.2) is 44.7 Å². The zero-order chi connectivity index (χ0) is 37.0. The van der Waals surface area contributed by atoms with E-state index >= 15 is 0 Å². The summed E-state index contributed by atoms with van der Waals surface area (Å²) in [5.41, 5.74) is 8.15. The van der Waals surface area contributed by atoms with Crippen molar-refractivity contribution in [3.63, 3.8) is 0 Å². The lowest BCUT2D eigenvalue weighted by Crippen LogP contribution is -2.15. The van der Waals surface area contributed by atoms with Crippen LogP contribution in [0.15, 0.2) is 30.3 Å². The number of hydrogen-bond acceptors (Lipinski definition) is 6. The van der Waals surface area contributed by atoms with Crippen LogP contribution in [0.5, 0.6) is 0 Å². The summed E-state index contributed by atoms with van der Waals surface area (Å²) in [4.78, 5) is 67.0. The van der Waals surface area contributed by atoms with Crippen molar-refractivity contribution < 1.29 is 19.2 Å². The second-order valence-corrected chi connectivity index (χ2v) is 14.2. The van der Waals surface area contributed by atoms with Crippen LogP contribution in [0.25, 0.3) is 46.4 Å². The van der Waals surface area contributed by atoms with Crippen molar-refractivity contribution in [2.45, 2.75) is 129 Å². The van der Waals surface area contributed by atoms with Gasteiger partial charge in [0.25, 0.3) is 0 Å². The minimum atomic E-state index is -0.615. The molecule has 0 aliphatic carbocycles. The number of H-pyrrole nitrogens is 1. The van der Waals surface area contributed by atoms with Crippen LogP contribution < -0.4 is 0 Å². The second-order valence-electron chi connectivity index (χ2n) is 14.2. The summed E-state index contributed by atoms with van der Waals surface area (Å²) in [5, 5.41) is 0. The number of rotatable bonds is 20. The van der Waals surface area contributed by atoms with Crippen LogP contribution in [0.4, 0.5) is 0 Å². The molecule has 8 bridgehead atoms. The normalized spacial score (nSPS) is 14.5. The molecule has 8 nitrogen and oxygen atoms in total. The predicted octanol–water partition coefficient (Wildman–Crippen LogP) is 10.5. The van der Waals surface area contributed by atoms with Gasteiger partial charge < -0.3 is 28.7 Å². The van der Waals surface area contributed by atoms with Crippen molar-refractivity contribution in [2.75, 3.05) is 0 Å². The van der Waals surface area contributed by atoms with Gasteiger partial charge in [0.2, 0.25) is 0 Å². The van der Waals surface area contributed by atoms with E-state index in [4.69, 9.17) is 9.97 Å². The van der Waals surface area contributed by atoms with Gasteiger partial charge >= 0.3 is 0 Å². The molecular weight excluding hydrogens is 649 g/mol. The summed E-state index contributed by atoms with van der Waals surface area (Å²) in [5.74, 6) is -1.66. The zero-order valence-electron chi connectivity index (χ0n) is 31.3. The maximum atomic E-state index is 13.4. The first-order chi connectivity index (χ1) is 25.4. The average molecular weight is 703 g/mol. The highest BCUT2D eigenvalue weighted by Crippen LogP contribution is 2.45. The number of aromatic nitrogens is 4. The van der Waals surface area contributed by atoms with E-state index in [0.29, 0.717) is 53.7 Å². The lowest BCUT2D eigenvalue weighted by atomic mass is 9.83. The van der Waals surface area contributed by atoms with Crippen LogP contribution in [-0.2, 0) is 19.2 Å². The predicted molar refractivity (Wildman–Crippen MR) is 212 cm³/mol. The Morgan fingerprint density at radius 3 is 1.60 bits per heavy atom. The topological polar surface area (TPSA) is 115 Å². The number of aromatic amines is 1. The molecule has 5 rings (SSSR count). The Hall–Kier alpha value is -4.72. The second kappa shape index (κ2) is 18.7. The van der Waals surface area contributed by atoms with Crippen LogP contribution in [0, 0.1) is 0 Å². The van der Waals surface area contributed by atoms with E-state index in [1.807, 2.05) is 54.6 Å². The van der Waals surface area contributed by atoms with Gasteiger partial charge in [0.15, 0.2) is 0 Å². The quantitative estimate of drug-likeness (QED) is 0.0807. The van der Waals surface area contributed by atoms with Crippen molar-refractivity contribution in [2.24, 2.45) is 0 Å². The zero-order valence-corrected chi connectivity index (χ0v) is 31.3. The Bertz CT molecular complexity index is 1970. The fourth-order valence-corrected chi connectivity index (χ4v) is 7.67. The number of carbonyl (C=O) groups is 4. The van der Waals surface area contributed by atoms with Gasteiger partial charge in [0.05, 0.1) is 34.3 Å². The Morgan fingerprint density at radius 2 is 1.06 bits per heavy atom. The van der Waals surface area contributed by atoms with Gasteiger partial charge in [-0.2, -0.15) is 0 Å². The molecule has 8 heteroatoms. The first-order valence-electron chi connectivity index (χ1n) is 19.4. The maximum absolute atomic E-state index is 13.4. The average Bonchev–Trinajstić information content (AvgIpc) is 3.97. The molecule has 2 aliphatic heterocycles. The first kappa shape index (κ1) is 38.5. The number of nitrogens with one attached hydrogen (secondary N) is 1. The molecule has 3 aromatic heterocycles. The third kappa shape index (κ3) is 8.49. The third-order valence-electron chi connectivity index (χ3n) is 10.4. The van der Waals surface area contributed by atoms with Gasteiger partial charge in [-0.3, -0.25) is 0 Å². The molecule has 0 saturated carbocycles. The van der Waals surface area contributed by atoms with E-state index in [1.54, 1.807) is 0 Å². The minimum absolute atomic E-state index is 0.535. The first-order valence-corrected chi connectivity index (χ1v) is 19.4. The number of carbonyl (C=O) groups excluding carboxylic acids is 4. The summed E-state index contributed by atoms with van der Waals surface area (Å²) < 4.78 is 2.06. The van der Waals surface area contributed by atoms with Crippen molar-refractivity contribution in [1.82, 2.24) is 19.5 Å². The number of hydrogen-bond donors (Lipinski definition) is 1. The van der Waals surface area contributed by atoms with Gasteiger partial charge in [-0.25, -0.2) is 9.97 Å². The Morgan fingerprint density at radius 1 is 0.577 bits per heavy atom. The molecule has 4 atom stereocenters. The Kier molecular flexibility index (Phi) is 13.8. The summed E-state index contributed by atoms with van der Waals surface area (Å²) >= 11 is 0. The van der Waals surface area contributed by atoms with Crippen LogP contribution in [0.2, 0.25) is 0 Å². The highest BCUT2D eigenvalue weighted by molar-refractivity contribution is 5.92. The standard InChI is InChI=1S/C44H54N4O4/c1-5-9-13-30(26-49)41-39-22-21-36(47-39)24-35-18-17-33(45-35)23-34-19-20-37(46-34)25-40-42(31(27-50)14-10-6-2)43(32(28-51)15-11-7-3)44(41)48(40)38(29-52)16-12-8-4/h17-32,38,45H,5-16H2,1-4H3. The van der Waals surface area contributed by atoms with Crippen molar-refractivity contribution in [1.29, 1.82) is 0 Å². The number of unbranched alkanes of at least 4 members (excludes halogenated alkanes) is 4. The van der Waals surface area contributed by atoms with E-state index in [2.05, 4.69) is 37.2 Å². The van der Waals surface area contributed by atoms with E-state index < -0.39 is 23.8 Å². The number of nitrogens with zero attached hydrogens (tertiary/aromatic N) is 3. The molecule has 2 aliphatic rings. The molecule has 0 aromatic carbocycles. The van der Waals surface area contributed by atoms with Crippen molar-refractivity contribution in [3.8, 4) is 0 Å². The third-order valence-corrected chi connectivity index (χ3v) is 10.4. The Balaban J connectivity index is 2.15. The van der Waals surface area contributed by atoms with Crippen molar-refractivity contribution in [3.05, 3.63) is 69.8 Å². The monoisotopic (exact) mass is 702 g/mol. The summed E-state index contributed by atoms with van der Waals surface area (Å²) in [7, 11) is 0. The van der Waals surface area contributed by atoms with Crippen LogP contribution in [0.3, 0.4) is 0 Å². The van der Waals surface area contributed by atoms with E-state index in [0.717, 1.165) is 110 Å². The molecule has 5 heterocycles. The number of aldehydes is 4. The minimum Gasteiger partial charge on any atom is -0.355 e. The summed E-state index contributed by atoms with van der Waals surface area (Å²) in [6.07, 6.45) is 20.9. The van der Waals surface area contributed by atoms with E-state index in [9.17, 15) is 19.2 Å². The van der Waals surface area contributed by atoms with Crippen molar-refractivity contribution >= 4 is 71.5 Å². The fourth-order valence-electron chi connectivity index (χ4n) is 7.67. The Labute approximate surface area is 307 Å². The molecule has 0 amide bonds. The van der Waals surface area contributed by atoms with E-state index in [-0.39, 0.29) is 0 Å². The van der Waals surface area contributed by atoms with Gasteiger partial charge in [-0.1, -0.05) is 79.1 Å². The van der Waals surface area contributed by atoms with Crippen LogP contribution >= 0.6 is 0 Å². The fraction of sp³-hybridized carbons (Fsp3) is 0.455. The molecule has 0 saturated heterocycles. The van der Waals surface area contributed by atoms with Crippen LogP contribution in [0.1, 0.15) is 168 Å². The van der Waals surface area contributed by atoms with Gasteiger partial charge in [-0.15, -0.1) is 0 Å². The molecule has 0 fully saturated rings. The van der Waals surface area contributed by atoms with E-state index in [1.165, 1.54) is 0 Å². The smallest absolute Gasteiger partial charge is 0.142 e. The molecule has 4 unspecified atom stereocenters. The number of fused-ring (bicyclic) bond motifs is 8.